The van der Waals surface area contributed by atoms with E-state index in [0.29, 0.717) is 11.6 Å². The van der Waals surface area contributed by atoms with Crippen molar-refractivity contribution in [1.29, 1.82) is 0 Å². The van der Waals surface area contributed by atoms with E-state index in [0.717, 1.165) is 25.1 Å². The summed E-state index contributed by atoms with van der Waals surface area (Å²) >= 11 is 0. The maximum absolute atomic E-state index is 12.8. The molecule has 0 unspecified atom stereocenters. The van der Waals surface area contributed by atoms with Crippen LogP contribution in [-0.2, 0) is 5.54 Å². The normalized spacial score (nSPS) is 21.8. The minimum atomic E-state index is -0.111. The summed E-state index contributed by atoms with van der Waals surface area (Å²) in [4.78, 5) is 14.6. The maximum atomic E-state index is 12.8. The lowest BCUT2D eigenvalue weighted by molar-refractivity contribution is 0.129. The quantitative estimate of drug-likeness (QED) is 0.896. The monoisotopic (exact) mass is 330 g/mol. The van der Waals surface area contributed by atoms with Crippen LogP contribution in [0.5, 0.6) is 0 Å². The lowest BCUT2D eigenvalue weighted by atomic mass is 9.91. The van der Waals surface area contributed by atoms with Gasteiger partial charge in [0, 0.05) is 12.7 Å². The molecule has 0 bridgehead atoms. The summed E-state index contributed by atoms with van der Waals surface area (Å²) in [6, 6.07) is 3.71. The summed E-state index contributed by atoms with van der Waals surface area (Å²) in [5.41, 5.74) is 0.604. The SMILES string of the molecule is C[C@H]1CCN(C(=O)Nc2cnn(C(C)(C)C)c2)[C@@H](c2ccco2)C1. The van der Waals surface area contributed by atoms with Crippen molar-refractivity contribution in [2.24, 2.45) is 5.92 Å². The van der Waals surface area contributed by atoms with Crippen molar-refractivity contribution in [2.75, 3.05) is 11.9 Å². The second-order valence-corrected chi connectivity index (χ2v) is 7.63. The van der Waals surface area contributed by atoms with Crippen LogP contribution in [0.2, 0.25) is 0 Å². The van der Waals surface area contributed by atoms with Crippen molar-refractivity contribution in [2.45, 2.75) is 52.1 Å². The van der Waals surface area contributed by atoms with Gasteiger partial charge in [0.2, 0.25) is 0 Å². The van der Waals surface area contributed by atoms with E-state index < -0.39 is 0 Å². The maximum Gasteiger partial charge on any atom is 0.322 e. The van der Waals surface area contributed by atoms with Gasteiger partial charge >= 0.3 is 6.03 Å². The van der Waals surface area contributed by atoms with Gasteiger partial charge in [0.25, 0.3) is 0 Å². The predicted molar refractivity (Wildman–Crippen MR) is 92.8 cm³/mol. The van der Waals surface area contributed by atoms with Crippen molar-refractivity contribution in [3.05, 3.63) is 36.5 Å². The highest BCUT2D eigenvalue weighted by Gasteiger charge is 2.33. The Balaban J connectivity index is 1.74. The summed E-state index contributed by atoms with van der Waals surface area (Å²) in [5, 5.41) is 7.30. The molecule has 0 saturated carbocycles. The molecule has 24 heavy (non-hydrogen) atoms. The van der Waals surface area contributed by atoms with Crippen LogP contribution in [0.1, 0.15) is 52.3 Å². The minimum absolute atomic E-state index is 0.0126. The number of hydrogen-bond donors (Lipinski definition) is 1. The van der Waals surface area contributed by atoms with Gasteiger partial charge in [-0.1, -0.05) is 6.92 Å². The number of rotatable bonds is 2. The molecule has 2 amide bonds. The number of hydrogen-bond acceptors (Lipinski definition) is 3. The summed E-state index contributed by atoms with van der Waals surface area (Å²) in [5.74, 6) is 1.43. The zero-order valence-electron chi connectivity index (χ0n) is 14.8. The van der Waals surface area contributed by atoms with Crippen LogP contribution in [-0.4, -0.2) is 27.3 Å². The Morgan fingerprint density at radius 1 is 1.42 bits per heavy atom. The van der Waals surface area contributed by atoms with Gasteiger partial charge in [-0.05, 0) is 51.7 Å². The molecule has 2 aromatic heterocycles. The molecule has 0 aromatic carbocycles. The molecule has 3 rings (SSSR count). The van der Waals surface area contributed by atoms with Crippen LogP contribution in [0.15, 0.2) is 35.2 Å². The van der Waals surface area contributed by atoms with Crippen LogP contribution in [0.25, 0.3) is 0 Å². The number of anilines is 1. The number of carbonyl (C=O) groups excluding carboxylic acids is 1. The van der Waals surface area contributed by atoms with Gasteiger partial charge in [-0.25, -0.2) is 4.79 Å². The molecule has 1 aliphatic heterocycles. The molecule has 1 aliphatic rings. The van der Waals surface area contributed by atoms with Crippen molar-refractivity contribution >= 4 is 11.7 Å². The van der Waals surface area contributed by atoms with Crippen molar-refractivity contribution < 1.29 is 9.21 Å². The lowest BCUT2D eigenvalue weighted by Crippen LogP contribution is -2.42. The Morgan fingerprint density at radius 2 is 2.21 bits per heavy atom. The largest absolute Gasteiger partial charge is 0.467 e. The number of likely N-dealkylation sites (tertiary alicyclic amines) is 1. The Labute approximate surface area is 142 Å². The van der Waals surface area contributed by atoms with E-state index in [4.69, 9.17) is 4.42 Å². The summed E-state index contributed by atoms with van der Waals surface area (Å²) < 4.78 is 7.41. The van der Waals surface area contributed by atoms with Crippen LogP contribution >= 0.6 is 0 Å². The molecule has 6 nitrogen and oxygen atoms in total. The summed E-state index contributed by atoms with van der Waals surface area (Å²) in [7, 11) is 0. The Kier molecular flexibility index (Phi) is 4.39. The third kappa shape index (κ3) is 3.47. The van der Waals surface area contributed by atoms with E-state index in [1.54, 1.807) is 12.5 Å². The van der Waals surface area contributed by atoms with Crippen molar-refractivity contribution in [3.63, 3.8) is 0 Å². The minimum Gasteiger partial charge on any atom is -0.467 e. The van der Waals surface area contributed by atoms with E-state index >= 15 is 0 Å². The smallest absolute Gasteiger partial charge is 0.322 e. The van der Waals surface area contributed by atoms with Crippen molar-refractivity contribution in [1.82, 2.24) is 14.7 Å². The zero-order chi connectivity index (χ0) is 17.3. The molecule has 6 heteroatoms. The highest BCUT2D eigenvalue weighted by Crippen LogP contribution is 2.34. The van der Waals surface area contributed by atoms with E-state index in [2.05, 4.69) is 38.1 Å². The van der Waals surface area contributed by atoms with Gasteiger partial charge < -0.3 is 14.6 Å². The molecule has 0 spiro atoms. The van der Waals surface area contributed by atoms with Crippen LogP contribution in [0.3, 0.4) is 0 Å². The van der Waals surface area contributed by atoms with E-state index in [-0.39, 0.29) is 17.6 Å². The van der Waals surface area contributed by atoms with Gasteiger partial charge in [-0.2, -0.15) is 5.10 Å². The standard InChI is InChI=1S/C18H26N4O2/c1-13-7-8-21(15(10-13)16-6-5-9-24-16)17(23)20-14-11-19-22(12-14)18(2,3)4/h5-6,9,11-13,15H,7-8,10H2,1-4H3,(H,20,23)/t13-,15+/m0/s1. The van der Waals surface area contributed by atoms with Gasteiger partial charge in [-0.15, -0.1) is 0 Å². The average Bonchev–Trinajstić information content (AvgIpc) is 3.17. The fourth-order valence-corrected chi connectivity index (χ4v) is 3.08. The first-order valence-electron chi connectivity index (χ1n) is 8.51. The predicted octanol–water partition coefficient (Wildman–Crippen LogP) is 4.24. The average molecular weight is 330 g/mol. The van der Waals surface area contributed by atoms with Crippen LogP contribution < -0.4 is 5.32 Å². The number of nitrogens with zero attached hydrogens (tertiary/aromatic N) is 3. The first-order chi connectivity index (χ1) is 11.3. The van der Waals surface area contributed by atoms with Gasteiger partial charge in [0.1, 0.15) is 5.76 Å². The number of piperidine rings is 1. The number of carbonyl (C=O) groups is 1. The second-order valence-electron chi connectivity index (χ2n) is 7.63. The molecule has 0 aliphatic carbocycles. The fourth-order valence-electron chi connectivity index (χ4n) is 3.08. The highest BCUT2D eigenvalue weighted by atomic mass is 16.3. The van der Waals surface area contributed by atoms with E-state index in [9.17, 15) is 4.79 Å². The molecule has 1 N–H and O–H groups in total. The van der Waals surface area contributed by atoms with Gasteiger partial charge in [-0.3, -0.25) is 4.68 Å². The Bertz CT molecular complexity index is 684. The summed E-state index contributed by atoms with van der Waals surface area (Å²) in [6.07, 6.45) is 7.15. The highest BCUT2D eigenvalue weighted by molar-refractivity contribution is 5.89. The number of urea groups is 1. The second kappa shape index (κ2) is 6.34. The van der Waals surface area contributed by atoms with Crippen molar-refractivity contribution in [3.8, 4) is 0 Å². The van der Waals surface area contributed by atoms with E-state index in [1.165, 1.54) is 0 Å². The number of aromatic nitrogens is 2. The Hall–Kier alpha value is -2.24. The third-order valence-corrected chi connectivity index (χ3v) is 4.52. The molecule has 2 aromatic rings. The van der Waals surface area contributed by atoms with Gasteiger partial charge in [0.15, 0.2) is 0 Å². The van der Waals surface area contributed by atoms with Gasteiger partial charge in [0.05, 0.1) is 29.7 Å². The molecule has 1 saturated heterocycles. The number of furan rings is 1. The molecule has 130 valence electrons. The lowest BCUT2D eigenvalue weighted by Gasteiger charge is -2.37. The molecular weight excluding hydrogens is 304 g/mol. The molecule has 3 heterocycles. The number of nitrogens with one attached hydrogen (secondary N) is 1. The molecule has 2 atom stereocenters. The summed E-state index contributed by atoms with van der Waals surface area (Å²) in [6.45, 7) is 9.17. The molecule has 1 fully saturated rings. The van der Waals surface area contributed by atoms with Crippen LogP contribution in [0, 0.1) is 5.92 Å². The Morgan fingerprint density at radius 3 is 2.83 bits per heavy atom. The van der Waals surface area contributed by atoms with Crippen LogP contribution in [0.4, 0.5) is 10.5 Å². The first-order valence-corrected chi connectivity index (χ1v) is 8.51. The zero-order valence-corrected chi connectivity index (χ0v) is 14.8. The fraction of sp³-hybridized carbons (Fsp3) is 0.556. The first kappa shape index (κ1) is 16.6. The molecular formula is C18H26N4O2. The third-order valence-electron chi connectivity index (χ3n) is 4.52. The van der Waals surface area contributed by atoms with E-state index in [1.807, 2.05) is 27.9 Å². The number of amides is 2. The molecule has 0 radical (unpaired) electrons. The topological polar surface area (TPSA) is 63.3 Å².